The minimum atomic E-state index is -0.443. The SMILES string of the molecule is CNC(Cc1c(Br)c(C)nn1C)c1cc(F)ccc1F. The van der Waals surface area contributed by atoms with Gasteiger partial charge in [0.05, 0.1) is 15.9 Å². The van der Waals surface area contributed by atoms with Crippen LogP contribution < -0.4 is 5.32 Å². The number of aromatic nitrogens is 2. The molecular formula is C14H16BrF2N3. The van der Waals surface area contributed by atoms with Crippen molar-refractivity contribution in [2.24, 2.45) is 7.05 Å². The summed E-state index contributed by atoms with van der Waals surface area (Å²) < 4.78 is 29.8. The van der Waals surface area contributed by atoms with Crippen LogP contribution in [0.5, 0.6) is 0 Å². The quantitative estimate of drug-likeness (QED) is 0.923. The second-order valence-electron chi connectivity index (χ2n) is 4.68. The van der Waals surface area contributed by atoms with E-state index in [9.17, 15) is 8.78 Å². The number of rotatable bonds is 4. The van der Waals surface area contributed by atoms with E-state index in [1.54, 1.807) is 11.7 Å². The van der Waals surface area contributed by atoms with Crippen LogP contribution in [0.3, 0.4) is 0 Å². The van der Waals surface area contributed by atoms with Crippen LogP contribution in [0.25, 0.3) is 0 Å². The highest BCUT2D eigenvalue weighted by Crippen LogP contribution is 2.27. The first-order chi connectivity index (χ1) is 9.43. The van der Waals surface area contributed by atoms with Crippen LogP contribution in [0.2, 0.25) is 0 Å². The number of halogens is 3. The lowest BCUT2D eigenvalue weighted by molar-refractivity contribution is 0.510. The van der Waals surface area contributed by atoms with Crippen molar-refractivity contribution >= 4 is 15.9 Å². The van der Waals surface area contributed by atoms with Gasteiger partial charge in [-0.25, -0.2) is 8.78 Å². The third kappa shape index (κ3) is 2.91. The molecule has 6 heteroatoms. The summed E-state index contributed by atoms with van der Waals surface area (Å²) in [6, 6.07) is 3.18. The van der Waals surface area contributed by atoms with Gasteiger partial charge in [-0.15, -0.1) is 0 Å². The van der Waals surface area contributed by atoms with E-state index in [0.717, 1.165) is 28.0 Å². The van der Waals surface area contributed by atoms with Crippen molar-refractivity contribution in [1.29, 1.82) is 0 Å². The maximum Gasteiger partial charge on any atom is 0.128 e. The van der Waals surface area contributed by atoms with E-state index in [1.165, 1.54) is 6.07 Å². The standard InChI is InChI=1S/C14H16BrF2N3/c1-8-14(15)13(20(3)19-8)7-12(18-2)10-6-9(16)4-5-11(10)17/h4-6,12,18H,7H2,1-3H3. The Morgan fingerprint density at radius 1 is 1.40 bits per heavy atom. The van der Waals surface area contributed by atoms with Gasteiger partial charge in [-0.3, -0.25) is 4.68 Å². The molecule has 0 spiro atoms. The summed E-state index contributed by atoms with van der Waals surface area (Å²) in [6.45, 7) is 1.89. The van der Waals surface area contributed by atoms with Crippen LogP contribution in [0.1, 0.15) is 23.0 Å². The van der Waals surface area contributed by atoms with Gasteiger partial charge in [0, 0.05) is 25.1 Å². The lowest BCUT2D eigenvalue weighted by Gasteiger charge is -2.18. The Morgan fingerprint density at radius 2 is 2.10 bits per heavy atom. The molecule has 1 aromatic heterocycles. The van der Waals surface area contributed by atoms with Crippen molar-refractivity contribution in [3.63, 3.8) is 0 Å². The van der Waals surface area contributed by atoms with Gasteiger partial charge in [-0.2, -0.15) is 5.10 Å². The molecule has 2 aromatic rings. The van der Waals surface area contributed by atoms with E-state index in [-0.39, 0.29) is 6.04 Å². The molecule has 1 heterocycles. The van der Waals surface area contributed by atoms with Crippen LogP contribution in [-0.2, 0) is 13.5 Å². The maximum absolute atomic E-state index is 13.9. The first-order valence-electron chi connectivity index (χ1n) is 6.24. The van der Waals surface area contributed by atoms with Gasteiger partial charge in [-0.1, -0.05) is 0 Å². The third-order valence-corrected chi connectivity index (χ3v) is 4.37. The Bertz CT molecular complexity index is 625. The van der Waals surface area contributed by atoms with Gasteiger partial charge in [0.2, 0.25) is 0 Å². The molecule has 3 nitrogen and oxygen atoms in total. The number of likely N-dealkylation sites (N-methyl/N-ethyl adjacent to an activating group) is 1. The fourth-order valence-electron chi connectivity index (χ4n) is 2.24. The molecule has 0 aliphatic heterocycles. The number of benzene rings is 1. The molecule has 2 rings (SSSR count). The van der Waals surface area contributed by atoms with Gasteiger partial charge in [0.1, 0.15) is 11.6 Å². The van der Waals surface area contributed by atoms with E-state index < -0.39 is 11.6 Å². The Kier molecular flexibility index (Phi) is 4.55. The van der Waals surface area contributed by atoms with Crippen molar-refractivity contribution in [1.82, 2.24) is 15.1 Å². The third-order valence-electron chi connectivity index (χ3n) is 3.34. The Morgan fingerprint density at radius 3 is 2.65 bits per heavy atom. The lowest BCUT2D eigenvalue weighted by Crippen LogP contribution is -2.21. The molecule has 0 bridgehead atoms. The highest BCUT2D eigenvalue weighted by molar-refractivity contribution is 9.10. The molecule has 0 radical (unpaired) electrons. The second-order valence-corrected chi connectivity index (χ2v) is 5.47. The molecule has 1 unspecified atom stereocenters. The van der Waals surface area contributed by atoms with Crippen molar-refractivity contribution < 1.29 is 8.78 Å². The fourth-order valence-corrected chi connectivity index (χ4v) is 2.74. The molecule has 108 valence electrons. The molecule has 0 saturated heterocycles. The average molecular weight is 344 g/mol. The second kappa shape index (κ2) is 6.01. The van der Waals surface area contributed by atoms with Gasteiger partial charge >= 0.3 is 0 Å². The summed E-state index contributed by atoms with van der Waals surface area (Å²) >= 11 is 3.49. The van der Waals surface area contributed by atoms with Gasteiger partial charge in [0.25, 0.3) is 0 Å². The Hall–Kier alpha value is -1.27. The predicted octanol–water partition coefficient (Wildman–Crippen LogP) is 3.27. The van der Waals surface area contributed by atoms with E-state index in [0.29, 0.717) is 12.0 Å². The lowest BCUT2D eigenvalue weighted by atomic mass is 10.0. The molecule has 20 heavy (non-hydrogen) atoms. The highest BCUT2D eigenvalue weighted by atomic mass is 79.9. The minimum absolute atomic E-state index is 0.318. The van der Waals surface area contributed by atoms with Crippen molar-refractivity contribution in [2.75, 3.05) is 7.05 Å². The van der Waals surface area contributed by atoms with E-state index in [4.69, 9.17) is 0 Å². The Labute approximate surface area is 125 Å². The van der Waals surface area contributed by atoms with E-state index >= 15 is 0 Å². The smallest absolute Gasteiger partial charge is 0.128 e. The molecule has 0 aliphatic carbocycles. The van der Waals surface area contributed by atoms with Gasteiger partial charge < -0.3 is 5.32 Å². The van der Waals surface area contributed by atoms with Crippen LogP contribution in [0.15, 0.2) is 22.7 Å². The van der Waals surface area contributed by atoms with Crippen molar-refractivity contribution in [3.8, 4) is 0 Å². The number of aryl methyl sites for hydroxylation is 2. The molecule has 1 N–H and O–H groups in total. The summed E-state index contributed by atoms with van der Waals surface area (Å²) in [6.07, 6.45) is 0.509. The van der Waals surface area contributed by atoms with Crippen LogP contribution >= 0.6 is 15.9 Å². The molecule has 0 saturated carbocycles. The topological polar surface area (TPSA) is 29.9 Å². The molecule has 0 aliphatic rings. The summed E-state index contributed by atoms with van der Waals surface area (Å²) in [4.78, 5) is 0. The van der Waals surface area contributed by atoms with Crippen LogP contribution in [-0.4, -0.2) is 16.8 Å². The normalized spacial score (nSPS) is 12.7. The molecular weight excluding hydrogens is 328 g/mol. The molecule has 0 amide bonds. The van der Waals surface area contributed by atoms with Crippen LogP contribution in [0, 0.1) is 18.6 Å². The number of nitrogens with one attached hydrogen (secondary N) is 1. The molecule has 1 atom stereocenters. The predicted molar refractivity (Wildman–Crippen MR) is 77.5 cm³/mol. The zero-order chi connectivity index (χ0) is 14.9. The van der Waals surface area contributed by atoms with Crippen LogP contribution in [0.4, 0.5) is 8.78 Å². The monoisotopic (exact) mass is 343 g/mol. The highest BCUT2D eigenvalue weighted by Gasteiger charge is 2.20. The first kappa shape index (κ1) is 15.1. The summed E-state index contributed by atoms with van der Waals surface area (Å²) in [5.41, 5.74) is 2.13. The van der Waals surface area contributed by atoms with Gasteiger partial charge in [-0.05, 0) is 48.1 Å². The Balaban J connectivity index is 2.36. The number of nitrogens with zero attached hydrogens (tertiary/aromatic N) is 2. The summed E-state index contributed by atoms with van der Waals surface area (Å²) in [5, 5.41) is 7.34. The fraction of sp³-hybridized carbons (Fsp3) is 0.357. The average Bonchev–Trinajstić information content (AvgIpc) is 2.65. The molecule has 0 fully saturated rings. The minimum Gasteiger partial charge on any atom is -0.313 e. The largest absolute Gasteiger partial charge is 0.313 e. The van der Waals surface area contributed by atoms with E-state index in [2.05, 4.69) is 26.3 Å². The van der Waals surface area contributed by atoms with Gasteiger partial charge in [0.15, 0.2) is 0 Å². The number of hydrogen-bond acceptors (Lipinski definition) is 2. The zero-order valence-electron chi connectivity index (χ0n) is 11.5. The summed E-state index contributed by atoms with van der Waals surface area (Å²) in [7, 11) is 3.56. The van der Waals surface area contributed by atoms with Crippen molar-refractivity contribution in [2.45, 2.75) is 19.4 Å². The molecule has 1 aromatic carbocycles. The first-order valence-corrected chi connectivity index (χ1v) is 7.03. The van der Waals surface area contributed by atoms with Crippen molar-refractivity contribution in [3.05, 3.63) is 51.3 Å². The zero-order valence-corrected chi connectivity index (χ0v) is 13.1. The van der Waals surface area contributed by atoms with E-state index in [1.807, 2.05) is 14.0 Å². The maximum atomic E-state index is 13.9. The summed E-state index contributed by atoms with van der Waals surface area (Å²) in [5.74, 6) is -0.859. The number of hydrogen-bond donors (Lipinski definition) is 1.